The van der Waals surface area contributed by atoms with Crippen molar-refractivity contribution in [2.45, 2.75) is 11.8 Å². The van der Waals surface area contributed by atoms with Crippen LogP contribution in [0.3, 0.4) is 0 Å². The molecule has 0 aliphatic heterocycles. The van der Waals surface area contributed by atoms with E-state index in [1.807, 2.05) is 0 Å². The number of carbonyl (C=O) groups is 1. The summed E-state index contributed by atoms with van der Waals surface area (Å²) < 4.78 is 39.7. The van der Waals surface area contributed by atoms with Crippen LogP contribution >= 0.6 is 11.6 Å². The van der Waals surface area contributed by atoms with Crippen molar-refractivity contribution in [3.8, 4) is 11.5 Å². The van der Waals surface area contributed by atoms with E-state index in [1.54, 1.807) is 6.92 Å². The number of halogens is 1. The Bertz CT molecular complexity index is 830. The second-order valence-corrected chi connectivity index (χ2v) is 6.56. The van der Waals surface area contributed by atoms with Gasteiger partial charge in [0.2, 0.25) is 0 Å². The number of rotatable bonds is 6. The third-order valence-corrected chi connectivity index (χ3v) is 4.48. The molecule has 128 valence electrons. The van der Waals surface area contributed by atoms with E-state index in [4.69, 9.17) is 25.3 Å². The van der Waals surface area contributed by atoms with E-state index in [-0.39, 0.29) is 28.6 Å². The van der Waals surface area contributed by atoms with Crippen molar-refractivity contribution in [1.82, 2.24) is 0 Å². The van der Waals surface area contributed by atoms with Gasteiger partial charge in [0.15, 0.2) is 11.5 Å². The Balaban J connectivity index is 2.31. The van der Waals surface area contributed by atoms with E-state index in [2.05, 4.69) is 0 Å². The maximum Gasteiger partial charge on any atom is 0.339 e. The number of ether oxygens (including phenoxy) is 2. The van der Waals surface area contributed by atoms with E-state index in [1.165, 1.54) is 49.6 Å². The Hall–Kier alpha value is -2.25. The summed E-state index contributed by atoms with van der Waals surface area (Å²) in [4.78, 5) is 11.7. The Morgan fingerprint density at radius 3 is 2.33 bits per heavy atom. The van der Waals surface area contributed by atoms with Crippen LogP contribution in [0.1, 0.15) is 17.3 Å². The zero-order valence-electron chi connectivity index (χ0n) is 13.0. The maximum absolute atomic E-state index is 12.3. The molecule has 8 heteroatoms. The van der Waals surface area contributed by atoms with Crippen LogP contribution in [-0.2, 0) is 14.9 Å². The van der Waals surface area contributed by atoms with Crippen molar-refractivity contribution in [2.75, 3.05) is 13.7 Å². The Kier molecular flexibility index (Phi) is 5.69. The summed E-state index contributed by atoms with van der Waals surface area (Å²) in [6.45, 7) is 1.91. The van der Waals surface area contributed by atoms with Gasteiger partial charge in [0.25, 0.3) is 0 Å². The fraction of sp³-hybridized carbons (Fsp3) is 0.188. The zero-order valence-corrected chi connectivity index (χ0v) is 14.6. The van der Waals surface area contributed by atoms with Gasteiger partial charge in [-0.25, -0.2) is 4.79 Å². The predicted molar refractivity (Wildman–Crippen MR) is 88.2 cm³/mol. The van der Waals surface area contributed by atoms with Crippen LogP contribution in [0.5, 0.6) is 11.5 Å². The smallest absolute Gasteiger partial charge is 0.339 e. The normalized spacial score (nSPS) is 11.0. The van der Waals surface area contributed by atoms with Crippen LogP contribution < -0.4 is 8.92 Å². The van der Waals surface area contributed by atoms with Crippen LogP contribution in [-0.4, -0.2) is 28.1 Å². The van der Waals surface area contributed by atoms with E-state index in [9.17, 15) is 13.2 Å². The first-order valence-corrected chi connectivity index (χ1v) is 8.71. The molecule has 0 radical (unpaired) electrons. The van der Waals surface area contributed by atoms with Gasteiger partial charge in [-0.05, 0) is 49.4 Å². The molecule has 2 aromatic rings. The van der Waals surface area contributed by atoms with Gasteiger partial charge in [-0.3, -0.25) is 0 Å². The van der Waals surface area contributed by atoms with Gasteiger partial charge >= 0.3 is 16.1 Å². The minimum Gasteiger partial charge on any atom is -0.493 e. The van der Waals surface area contributed by atoms with E-state index in [0.717, 1.165) is 0 Å². The minimum atomic E-state index is -4.06. The molecule has 0 amide bonds. The highest BCUT2D eigenvalue weighted by molar-refractivity contribution is 7.87. The van der Waals surface area contributed by atoms with Gasteiger partial charge in [-0.1, -0.05) is 11.6 Å². The number of hydrogen-bond acceptors (Lipinski definition) is 6. The first-order valence-electron chi connectivity index (χ1n) is 6.92. The Morgan fingerprint density at radius 2 is 1.75 bits per heavy atom. The first-order chi connectivity index (χ1) is 11.4. The van der Waals surface area contributed by atoms with Crippen molar-refractivity contribution >= 4 is 27.7 Å². The van der Waals surface area contributed by atoms with Gasteiger partial charge in [-0.2, -0.15) is 8.42 Å². The Morgan fingerprint density at radius 1 is 1.08 bits per heavy atom. The number of benzene rings is 2. The molecule has 0 aliphatic carbocycles. The molecule has 0 aliphatic rings. The number of esters is 1. The molecule has 0 saturated heterocycles. The average molecular weight is 371 g/mol. The van der Waals surface area contributed by atoms with Crippen molar-refractivity contribution < 1.29 is 26.9 Å². The minimum absolute atomic E-state index is 0.0412. The lowest BCUT2D eigenvalue weighted by Crippen LogP contribution is -2.11. The third-order valence-electron chi connectivity index (χ3n) is 2.98. The molecule has 24 heavy (non-hydrogen) atoms. The maximum atomic E-state index is 12.3. The molecule has 2 rings (SSSR count). The highest BCUT2D eigenvalue weighted by Crippen LogP contribution is 2.31. The van der Waals surface area contributed by atoms with Crippen molar-refractivity contribution in [3.05, 3.63) is 53.1 Å². The number of hydrogen-bond donors (Lipinski definition) is 0. The summed E-state index contributed by atoms with van der Waals surface area (Å²) in [5.41, 5.74) is 0.227. The number of carbonyl (C=O) groups excluding carboxylic acids is 1. The molecular weight excluding hydrogens is 356 g/mol. The molecule has 2 aromatic carbocycles. The summed E-state index contributed by atoms with van der Waals surface area (Å²) in [5.74, 6) is -0.485. The molecule has 0 heterocycles. The fourth-order valence-electron chi connectivity index (χ4n) is 1.85. The molecule has 0 N–H and O–H groups in total. The lowest BCUT2D eigenvalue weighted by atomic mass is 10.2. The quantitative estimate of drug-likeness (QED) is 0.573. The molecule has 0 atom stereocenters. The second kappa shape index (κ2) is 7.55. The van der Waals surface area contributed by atoms with Gasteiger partial charge in [0.05, 0.1) is 19.3 Å². The molecule has 0 bridgehead atoms. The summed E-state index contributed by atoms with van der Waals surface area (Å²) in [6.07, 6.45) is 0. The summed E-state index contributed by atoms with van der Waals surface area (Å²) >= 11 is 5.74. The molecule has 0 aromatic heterocycles. The predicted octanol–water partition coefficient (Wildman–Crippen LogP) is 3.29. The monoisotopic (exact) mass is 370 g/mol. The first kappa shape index (κ1) is 18.1. The third kappa shape index (κ3) is 4.18. The van der Waals surface area contributed by atoms with Gasteiger partial charge < -0.3 is 13.7 Å². The van der Waals surface area contributed by atoms with Gasteiger partial charge in [-0.15, -0.1) is 0 Å². The zero-order chi connectivity index (χ0) is 17.7. The fourth-order valence-corrected chi connectivity index (χ4v) is 2.91. The van der Waals surface area contributed by atoms with E-state index >= 15 is 0 Å². The van der Waals surface area contributed by atoms with E-state index < -0.39 is 16.1 Å². The molecule has 0 unspecified atom stereocenters. The number of methoxy groups -OCH3 is 1. The van der Waals surface area contributed by atoms with Crippen molar-refractivity contribution in [1.29, 1.82) is 0 Å². The SMILES string of the molecule is CCOC(=O)c1ccc(OS(=O)(=O)c2ccc(Cl)cc2)c(OC)c1. The molecule has 0 fully saturated rings. The van der Waals surface area contributed by atoms with Crippen LogP contribution in [0.15, 0.2) is 47.4 Å². The lowest BCUT2D eigenvalue weighted by Gasteiger charge is -2.12. The molecule has 6 nitrogen and oxygen atoms in total. The molecule has 0 spiro atoms. The molecule has 0 saturated carbocycles. The summed E-state index contributed by atoms with van der Waals surface area (Å²) in [5, 5.41) is 0.408. The van der Waals surface area contributed by atoms with E-state index in [0.29, 0.717) is 5.02 Å². The van der Waals surface area contributed by atoms with Crippen LogP contribution in [0.25, 0.3) is 0 Å². The van der Waals surface area contributed by atoms with Crippen LogP contribution in [0.4, 0.5) is 0 Å². The summed E-state index contributed by atoms with van der Waals surface area (Å²) in [6, 6.07) is 9.63. The van der Waals surface area contributed by atoms with Crippen molar-refractivity contribution in [2.24, 2.45) is 0 Å². The largest absolute Gasteiger partial charge is 0.493 e. The van der Waals surface area contributed by atoms with Crippen LogP contribution in [0.2, 0.25) is 5.02 Å². The standard InChI is InChI=1S/C16H15ClO6S/c1-3-22-16(18)11-4-9-14(15(10-11)21-2)23-24(19,20)13-7-5-12(17)6-8-13/h4-10H,3H2,1-2H3. The Labute approximate surface area is 145 Å². The van der Waals surface area contributed by atoms with Crippen molar-refractivity contribution in [3.63, 3.8) is 0 Å². The van der Waals surface area contributed by atoms with Gasteiger partial charge in [0.1, 0.15) is 4.90 Å². The van der Waals surface area contributed by atoms with Crippen LogP contribution in [0, 0.1) is 0 Å². The highest BCUT2D eigenvalue weighted by atomic mass is 35.5. The second-order valence-electron chi connectivity index (χ2n) is 4.58. The molecular formula is C16H15ClO6S. The van der Waals surface area contributed by atoms with Gasteiger partial charge in [0, 0.05) is 5.02 Å². The topological polar surface area (TPSA) is 78.9 Å². The summed E-state index contributed by atoms with van der Waals surface area (Å²) in [7, 11) is -2.72. The average Bonchev–Trinajstić information content (AvgIpc) is 2.55. The highest BCUT2D eigenvalue weighted by Gasteiger charge is 2.20. The lowest BCUT2D eigenvalue weighted by molar-refractivity contribution is 0.0526.